The first-order chi connectivity index (χ1) is 9.07. The van der Waals surface area contributed by atoms with Gasteiger partial charge in [-0.05, 0) is 5.41 Å². The molecule has 0 aliphatic rings. The Bertz CT molecular complexity index is 457. The number of carbonyl (C=O) groups is 1. The third-order valence-electron chi connectivity index (χ3n) is 2.26. The zero-order chi connectivity index (χ0) is 15.4. The summed E-state index contributed by atoms with van der Waals surface area (Å²) in [5.74, 6) is -0.861. The van der Waals surface area contributed by atoms with Crippen LogP contribution in [0.2, 0.25) is 0 Å². The van der Waals surface area contributed by atoms with Gasteiger partial charge >= 0.3 is 12.1 Å². The highest BCUT2D eigenvalue weighted by Crippen LogP contribution is 2.25. The highest BCUT2D eigenvalue weighted by Gasteiger charge is 2.28. The van der Waals surface area contributed by atoms with Crippen LogP contribution in [0.5, 0.6) is 0 Å². The van der Waals surface area contributed by atoms with Gasteiger partial charge in [-0.3, -0.25) is 4.79 Å². The normalized spacial score (nSPS) is 12.7. The average molecular weight is 296 g/mol. The van der Waals surface area contributed by atoms with Crippen LogP contribution in [0.25, 0.3) is 0 Å². The predicted octanol–water partition coefficient (Wildman–Crippen LogP) is 2.19. The number of ether oxygens (including phenoxy) is 1. The summed E-state index contributed by atoms with van der Waals surface area (Å²) in [5, 5.41) is 15.9. The number of hydrogen-bond acceptors (Lipinski definition) is 5. The van der Waals surface area contributed by atoms with Gasteiger partial charge in [-0.15, -0.1) is 10.2 Å². The maximum absolute atomic E-state index is 11.9. The maximum Gasteiger partial charge on any atom is 0.411 e. The lowest BCUT2D eigenvalue weighted by Crippen LogP contribution is -2.19. The lowest BCUT2D eigenvalue weighted by molar-refractivity contribution is -0.177. The Hall–Kier alpha value is -1.64. The summed E-state index contributed by atoms with van der Waals surface area (Å²) in [4.78, 5) is 10.7. The van der Waals surface area contributed by atoms with Crippen LogP contribution in [0.1, 0.15) is 32.0 Å². The van der Waals surface area contributed by atoms with Crippen molar-refractivity contribution in [1.29, 1.82) is 0 Å². The molecule has 0 aromatic carbocycles. The fourth-order valence-corrected chi connectivity index (χ4v) is 1.55. The Kier molecular flexibility index (Phi) is 5.09. The van der Waals surface area contributed by atoms with Gasteiger partial charge in [0.25, 0.3) is 0 Å². The second-order valence-electron chi connectivity index (χ2n) is 5.11. The number of halogens is 3. The summed E-state index contributed by atoms with van der Waals surface area (Å²) in [6.07, 6.45) is -4.28. The standard InChI is InChI=1S/C11H15F3N2O4/c1-10(2,4-9(17)18)3-7-15-16-8(20-7)5-19-6-11(12,13)14/h3-6H2,1-2H3,(H,17,18). The molecule has 0 spiro atoms. The monoisotopic (exact) mass is 296 g/mol. The van der Waals surface area contributed by atoms with Crippen LogP contribution in [0.4, 0.5) is 13.2 Å². The summed E-state index contributed by atoms with van der Waals surface area (Å²) in [5.41, 5.74) is -0.595. The summed E-state index contributed by atoms with van der Waals surface area (Å²) in [6.45, 7) is 1.59. The first-order valence-corrected chi connectivity index (χ1v) is 5.75. The van der Waals surface area contributed by atoms with Gasteiger partial charge in [0, 0.05) is 6.42 Å². The van der Waals surface area contributed by atoms with Crippen LogP contribution in [0.15, 0.2) is 4.42 Å². The summed E-state index contributed by atoms with van der Waals surface area (Å²) in [7, 11) is 0. The van der Waals surface area contributed by atoms with Crippen LogP contribution < -0.4 is 0 Å². The van der Waals surface area contributed by atoms with E-state index in [1.54, 1.807) is 13.8 Å². The topological polar surface area (TPSA) is 85.5 Å². The van der Waals surface area contributed by atoms with Crippen molar-refractivity contribution < 1.29 is 32.2 Å². The molecule has 0 aliphatic carbocycles. The number of aliphatic carboxylic acids is 1. The Labute approximate surface area is 112 Å². The van der Waals surface area contributed by atoms with Crippen molar-refractivity contribution in [3.8, 4) is 0 Å². The van der Waals surface area contributed by atoms with E-state index in [1.165, 1.54) is 0 Å². The minimum Gasteiger partial charge on any atom is -0.481 e. The largest absolute Gasteiger partial charge is 0.481 e. The van der Waals surface area contributed by atoms with Crippen molar-refractivity contribution in [3.63, 3.8) is 0 Å². The molecule has 0 unspecified atom stereocenters. The number of alkyl halides is 3. The van der Waals surface area contributed by atoms with Crippen molar-refractivity contribution in [2.24, 2.45) is 5.41 Å². The van der Waals surface area contributed by atoms with Crippen molar-refractivity contribution in [1.82, 2.24) is 10.2 Å². The molecule has 0 bridgehead atoms. The molecule has 0 aliphatic heterocycles. The zero-order valence-electron chi connectivity index (χ0n) is 11.0. The SMILES string of the molecule is CC(C)(CC(=O)O)Cc1nnc(COCC(F)(F)F)o1. The zero-order valence-corrected chi connectivity index (χ0v) is 11.0. The van der Waals surface area contributed by atoms with Crippen LogP contribution >= 0.6 is 0 Å². The maximum atomic E-state index is 11.9. The van der Waals surface area contributed by atoms with Crippen molar-refractivity contribution in [2.45, 2.75) is 39.5 Å². The quantitative estimate of drug-likeness (QED) is 0.830. The minimum atomic E-state index is -4.41. The Morgan fingerprint density at radius 2 is 1.90 bits per heavy atom. The van der Waals surface area contributed by atoms with E-state index in [4.69, 9.17) is 9.52 Å². The molecule has 1 N–H and O–H groups in total. The smallest absolute Gasteiger partial charge is 0.411 e. The number of carboxylic acid groups (broad SMARTS) is 1. The van der Waals surface area contributed by atoms with E-state index < -0.39 is 30.8 Å². The van der Waals surface area contributed by atoms with E-state index in [1.807, 2.05) is 0 Å². The van der Waals surface area contributed by atoms with E-state index in [9.17, 15) is 18.0 Å². The molecular weight excluding hydrogens is 281 g/mol. The van der Waals surface area contributed by atoms with Crippen LogP contribution in [0.3, 0.4) is 0 Å². The van der Waals surface area contributed by atoms with Gasteiger partial charge in [-0.2, -0.15) is 13.2 Å². The van der Waals surface area contributed by atoms with Crippen molar-refractivity contribution in [3.05, 3.63) is 11.8 Å². The van der Waals surface area contributed by atoms with Gasteiger partial charge in [-0.1, -0.05) is 13.8 Å². The van der Waals surface area contributed by atoms with Crippen molar-refractivity contribution >= 4 is 5.97 Å². The van der Waals surface area contributed by atoms with Crippen LogP contribution in [-0.2, 0) is 22.6 Å². The average Bonchev–Trinajstić information content (AvgIpc) is 2.60. The number of carboxylic acids is 1. The molecule has 0 fully saturated rings. The van der Waals surface area contributed by atoms with Crippen molar-refractivity contribution in [2.75, 3.05) is 6.61 Å². The molecule has 1 aromatic rings. The molecule has 0 saturated heterocycles. The van der Waals surface area contributed by atoms with Gasteiger partial charge < -0.3 is 14.3 Å². The molecule has 0 amide bonds. The highest BCUT2D eigenvalue weighted by molar-refractivity contribution is 5.67. The first kappa shape index (κ1) is 16.4. The first-order valence-electron chi connectivity index (χ1n) is 5.75. The second kappa shape index (κ2) is 6.21. The van der Waals surface area contributed by atoms with Gasteiger partial charge in [0.1, 0.15) is 13.2 Å². The van der Waals surface area contributed by atoms with Crippen LogP contribution in [-0.4, -0.2) is 34.1 Å². The summed E-state index contributed by atoms with van der Waals surface area (Å²) >= 11 is 0. The molecule has 0 saturated carbocycles. The Morgan fingerprint density at radius 1 is 1.30 bits per heavy atom. The Balaban J connectivity index is 2.49. The second-order valence-corrected chi connectivity index (χ2v) is 5.11. The molecule has 9 heteroatoms. The molecule has 1 aromatic heterocycles. The van der Waals surface area contributed by atoms with E-state index in [0.717, 1.165) is 0 Å². The third kappa shape index (κ3) is 6.50. The summed E-state index contributed by atoms with van der Waals surface area (Å²) < 4.78 is 45.1. The predicted molar refractivity (Wildman–Crippen MR) is 59.7 cm³/mol. The molecule has 1 heterocycles. The number of hydrogen-bond donors (Lipinski definition) is 1. The fraction of sp³-hybridized carbons (Fsp3) is 0.727. The molecular formula is C11H15F3N2O4. The molecule has 6 nitrogen and oxygen atoms in total. The Morgan fingerprint density at radius 3 is 2.45 bits per heavy atom. The van der Waals surface area contributed by atoms with E-state index >= 15 is 0 Å². The molecule has 114 valence electrons. The lowest BCUT2D eigenvalue weighted by Gasteiger charge is -2.19. The molecule has 0 radical (unpaired) electrons. The molecule has 0 atom stereocenters. The minimum absolute atomic E-state index is 0.0737. The van der Waals surface area contributed by atoms with E-state index in [2.05, 4.69) is 14.9 Å². The third-order valence-corrected chi connectivity index (χ3v) is 2.26. The lowest BCUT2D eigenvalue weighted by atomic mass is 9.86. The number of aromatic nitrogens is 2. The van der Waals surface area contributed by atoms with Gasteiger partial charge in [0.05, 0.1) is 6.42 Å². The van der Waals surface area contributed by atoms with E-state index in [0.29, 0.717) is 0 Å². The van der Waals surface area contributed by atoms with Gasteiger partial charge in [0.15, 0.2) is 0 Å². The van der Waals surface area contributed by atoms with Crippen LogP contribution in [0, 0.1) is 5.41 Å². The summed E-state index contributed by atoms with van der Waals surface area (Å²) in [6, 6.07) is 0. The fourth-order valence-electron chi connectivity index (χ4n) is 1.55. The number of rotatable bonds is 7. The van der Waals surface area contributed by atoms with Gasteiger partial charge in [-0.25, -0.2) is 0 Å². The number of nitrogens with zero attached hydrogens (tertiary/aromatic N) is 2. The highest BCUT2D eigenvalue weighted by atomic mass is 19.4. The van der Waals surface area contributed by atoms with Gasteiger partial charge in [0.2, 0.25) is 11.8 Å². The van der Waals surface area contributed by atoms with E-state index in [-0.39, 0.29) is 24.6 Å². The molecule has 20 heavy (non-hydrogen) atoms. The molecule has 1 rings (SSSR count).